The lowest BCUT2D eigenvalue weighted by molar-refractivity contribution is 0.622. The van der Waals surface area contributed by atoms with Gasteiger partial charge in [0.05, 0.1) is 16.9 Å². The van der Waals surface area contributed by atoms with Crippen molar-refractivity contribution in [3.63, 3.8) is 0 Å². The molecular weight excluding hydrogens is 359 g/mol. The summed E-state index contributed by atoms with van der Waals surface area (Å²) in [4.78, 5) is 0. The van der Waals surface area contributed by atoms with Gasteiger partial charge in [-0.3, -0.25) is 4.68 Å². The van der Waals surface area contributed by atoms with Crippen LogP contribution in [0.2, 0.25) is 4.34 Å². The Bertz CT molecular complexity index is 854. The second-order valence-corrected chi connectivity index (χ2v) is 7.66. The van der Waals surface area contributed by atoms with Gasteiger partial charge in [0.25, 0.3) is 0 Å². The van der Waals surface area contributed by atoms with E-state index in [-0.39, 0.29) is 11.9 Å². The topological polar surface area (TPSA) is 55.9 Å². The predicted octanol–water partition coefficient (Wildman–Crippen LogP) is 4.23. The minimum absolute atomic E-state index is 0.00278. The molecule has 0 aliphatic heterocycles. The van der Waals surface area contributed by atoms with E-state index in [0.29, 0.717) is 17.3 Å². The molecule has 0 saturated carbocycles. The van der Waals surface area contributed by atoms with Crippen molar-refractivity contribution in [2.75, 3.05) is 11.9 Å². The summed E-state index contributed by atoms with van der Waals surface area (Å²) in [6.45, 7) is 2.45. The molecule has 3 aromatic rings. The first-order chi connectivity index (χ1) is 12.0. The van der Waals surface area contributed by atoms with Crippen LogP contribution in [0.3, 0.4) is 0 Å². The molecule has 0 fully saturated rings. The zero-order valence-corrected chi connectivity index (χ0v) is 15.7. The van der Waals surface area contributed by atoms with Crippen molar-refractivity contribution < 1.29 is 4.39 Å². The number of nitrogens with two attached hydrogens (primary N) is 1. The Kier molecular flexibility index (Phi) is 5.42. The van der Waals surface area contributed by atoms with E-state index in [1.165, 1.54) is 23.5 Å². The molecule has 0 bridgehead atoms. The summed E-state index contributed by atoms with van der Waals surface area (Å²) in [5.74, 6) is -0.235. The lowest BCUT2D eigenvalue weighted by Crippen LogP contribution is -2.30. The van der Waals surface area contributed by atoms with Gasteiger partial charge in [0, 0.05) is 25.2 Å². The summed E-state index contributed by atoms with van der Waals surface area (Å²) in [5.41, 5.74) is 9.83. The molecule has 2 heterocycles. The number of rotatable bonds is 6. The number of benzene rings is 1. The molecule has 1 atom stereocenters. The number of halogens is 2. The van der Waals surface area contributed by atoms with Crippen LogP contribution in [0.4, 0.5) is 9.39 Å². The van der Waals surface area contributed by atoms with Gasteiger partial charge in [0.15, 0.2) is 0 Å². The monoisotopic (exact) mass is 378 g/mol. The number of thiophene rings is 1. The number of aryl methyl sites for hydroxylation is 2. The van der Waals surface area contributed by atoms with Crippen LogP contribution >= 0.6 is 22.9 Å². The minimum Gasteiger partial charge on any atom is -0.373 e. The molecule has 0 spiro atoms. The lowest BCUT2D eigenvalue weighted by atomic mass is 10.1. The summed E-state index contributed by atoms with van der Waals surface area (Å²) in [5, 5.41) is 8.62. The van der Waals surface area contributed by atoms with Crippen LogP contribution in [0.15, 0.2) is 36.5 Å². The zero-order valence-electron chi connectivity index (χ0n) is 14.1. The van der Waals surface area contributed by atoms with E-state index in [1.807, 2.05) is 37.0 Å². The van der Waals surface area contributed by atoms with Crippen LogP contribution in [0.5, 0.6) is 0 Å². The van der Waals surface area contributed by atoms with Gasteiger partial charge in [-0.15, -0.1) is 11.3 Å². The van der Waals surface area contributed by atoms with Crippen molar-refractivity contribution in [2.24, 2.45) is 12.8 Å². The van der Waals surface area contributed by atoms with Crippen molar-refractivity contribution in [3.8, 4) is 11.3 Å². The Hall–Kier alpha value is -1.89. The summed E-state index contributed by atoms with van der Waals surface area (Å²) in [6, 6.07) is 8.61. The fourth-order valence-corrected chi connectivity index (χ4v) is 4.13. The highest BCUT2D eigenvalue weighted by Gasteiger charge is 2.17. The van der Waals surface area contributed by atoms with Gasteiger partial charge >= 0.3 is 0 Å². The molecule has 0 saturated heterocycles. The molecule has 0 aliphatic carbocycles. The van der Waals surface area contributed by atoms with Crippen molar-refractivity contribution in [2.45, 2.75) is 19.4 Å². The first-order valence-corrected chi connectivity index (χ1v) is 9.16. The van der Waals surface area contributed by atoms with Gasteiger partial charge in [-0.05, 0) is 42.7 Å². The van der Waals surface area contributed by atoms with E-state index in [0.717, 1.165) is 27.4 Å². The molecule has 25 heavy (non-hydrogen) atoms. The van der Waals surface area contributed by atoms with E-state index in [9.17, 15) is 4.39 Å². The van der Waals surface area contributed by atoms with E-state index < -0.39 is 0 Å². The molecule has 0 amide bonds. The van der Waals surface area contributed by atoms with E-state index in [2.05, 4.69) is 10.4 Å². The Balaban J connectivity index is 1.79. The molecule has 1 aromatic carbocycles. The molecule has 0 aliphatic rings. The van der Waals surface area contributed by atoms with Crippen molar-refractivity contribution >= 4 is 27.9 Å². The Morgan fingerprint density at radius 1 is 1.40 bits per heavy atom. The van der Waals surface area contributed by atoms with Gasteiger partial charge in [0.1, 0.15) is 10.2 Å². The molecule has 3 N–H and O–H groups in total. The highest BCUT2D eigenvalue weighted by atomic mass is 35.5. The third-order valence-electron chi connectivity index (χ3n) is 4.07. The van der Waals surface area contributed by atoms with Crippen molar-refractivity contribution in [1.29, 1.82) is 0 Å². The second-order valence-electron chi connectivity index (χ2n) is 6.01. The zero-order chi connectivity index (χ0) is 18.0. The SMILES string of the molecule is Cc1cnn(C)c1-c1cc(N[C@H](CN)Cc2cccc(F)c2)sc1Cl. The highest BCUT2D eigenvalue weighted by molar-refractivity contribution is 7.20. The molecule has 3 rings (SSSR count). The quantitative estimate of drug-likeness (QED) is 0.674. The van der Waals surface area contributed by atoms with Crippen LogP contribution in [0.25, 0.3) is 11.3 Å². The fourth-order valence-electron chi connectivity index (χ4n) is 2.88. The first-order valence-electron chi connectivity index (χ1n) is 7.97. The molecule has 132 valence electrons. The van der Waals surface area contributed by atoms with Crippen LogP contribution in [-0.4, -0.2) is 22.4 Å². The van der Waals surface area contributed by atoms with E-state index >= 15 is 0 Å². The fraction of sp³-hybridized carbons (Fsp3) is 0.278. The number of hydrogen-bond donors (Lipinski definition) is 2. The summed E-state index contributed by atoms with van der Waals surface area (Å²) >= 11 is 7.92. The lowest BCUT2D eigenvalue weighted by Gasteiger charge is -2.17. The maximum atomic E-state index is 13.4. The van der Waals surface area contributed by atoms with E-state index in [1.54, 1.807) is 6.07 Å². The van der Waals surface area contributed by atoms with Crippen molar-refractivity contribution in [3.05, 3.63) is 57.8 Å². The standard InChI is InChI=1S/C18H20ClFN4S/c1-11-10-22-24(2)17(11)15-8-16(25-18(15)19)23-14(9-21)7-12-4-3-5-13(20)6-12/h3-6,8,10,14,23H,7,9,21H2,1-2H3/t14-/m0/s1. The van der Waals surface area contributed by atoms with Gasteiger partial charge in [0.2, 0.25) is 0 Å². The maximum absolute atomic E-state index is 13.4. The normalized spacial score (nSPS) is 12.4. The number of nitrogens with one attached hydrogen (secondary N) is 1. The molecule has 0 unspecified atom stereocenters. The largest absolute Gasteiger partial charge is 0.373 e. The number of hydrogen-bond acceptors (Lipinski definition) is 4. The molecule has 2 aromatic heterocycles. The van der Waals surface area contributed by atoms with Crippen LogP contribution in [0.1, 0.15) is 11.1 Å². The molecular formula is C18H20ClFN4S. The summed E-state index contributed by atoms with van der Waals surface area (Å²) in [6.07, 6.45) is 2.47. The van der Waals surface area contributed by atoms with Crippen LogP contribution in [0, 0.1) is 12.7 Å². The predicted molar refractivity (Wildman–Crippen MR) is 103 cm³/mol. The Morgan fingerprint density at radius 3 is 2.84 bits per heavy atom. The average molecular weight is 379 g/mol. The average Bonchev–Trinajstić information content (AvgIpc) is 3.08. The number of anilines is 1. The maximum Gasteiger partial charge on any atom is 0.123 e. The third-order valence-corrected chi connectivity index (χ3v) is 5.36. The molecule has 4 nitrogen and oxygen atoms in total. The van der Waals surface area contributed by atoms with Crippen LogP contribution in [-0.2, 0) is 13.5 Å². The highest BCUT2D eigenvalue weighted by Crippen LogP contribution is 2.39. The van der Waals surface area contributed by atoms with Gasteiger partial charge in [-0.2, -0.15) is 5.10 Å². The first kappa shape index (κ1) is 17.9. The Labute approximate surface area is 155 Å². The minimum atomic E-state index is -0.235. The molecule has 7 heteroatoms. The Morgan fingerprint density at radius 2 is 2.20 bits per heavy atom. The summed E-state index contributed by atoms with van der Waals surface area (Å²) < 4.78 is 15.9. The summed E-state index contributed by atoms with van der Waals surface area (Å²) in [7, 11) is 1.90. The second kappa shape index (κ2) is 7.56. The van der Waals surface area contributed by atoms with Crippen LogP contribution < -0.4 is 11.1 Å². The smallest absolute Gasteiger partial charge is 0.123 e. The third kappa shape index (κ3) is 4.03. The molecule has 0 radical (unpaired) electrons. The van der Waals surface area contributed by atoms with Gasteiger partial charge in [-0.25, -0.2) is 4.39 Å². The van der Waals surface area contributed by atoms with Gasteiger partial charge < -0.3 is 11.1 Å². The van der Waals surface area contributed by atoms with Crippen molar-refractivity contribution in [1.82, 2.24) is 9.78 Å². The van der Waals surface area contributed by atoms with Gasteiger partial charge in [-0.1, -0.05) is 23.7 Å². The van der Waals surface area contributed by atoms with E-state index in [4.69, 9.17) is 17.3 Å². The number of nitrogens with zero attached hydrogens (tertiary/aromatic N) is 2. The number of aromatic nitrogens is 2.